The smallest absolute Gasteiger partial charge is 0.326 e. The van der Waals surface area contributed by atoms with Crippen molar-refractivity contribution in [2.75, 3.05) is 6.61 Å². The summed E-state index contributed by atoms with van der Waals surface area (Å²) in [7, 11) is 0. The minimum absolute atomic E-state index is 0.275. The van der Waals surface area contributed by atoms with Crippen molar-refractivity contribution < 1.29 is 9.47 Å². The summed E-state index contributed by atoms with van der Waals surface area (Å²) in [4.78, 5) is 14.5. The first-order valence-corrected chi connectivity index (χ1v) is 9.67. The molecule has 148 valence electrons. The molecular weight excluding hydrogens is 398 g/mol. The lowest BCUT2D eigenvalue weighted by molar-refractivity contribution is 0.283. The second kappa shape index (κ2) is 8.64. The third-order valence-electron chi connectivity index (χ3n) is 4.53. The second-order valence-electron chi connectivity index (χ2n) is 6.50. The van der Waals surface area contributed by atoms with E-state index in [-0.39, 0.29) is 12.3 Å². The first kappa shape index (κ1) is 19.4. The van der Waals surface area contributed by atoms with Gasteiger partial charge in [0.2, 0.25) is 0 Å². The fourth-order valence-corrected chi connectivity index (χ4v) is 3.21. The fourth-order valence-electron chi connectivity index (χ4n) is 3.06. The minimum atomic E-state index is -0.275. The summed E-state index contributed by atoms with van der Waals surface area (Å²) >= 11 is 4.94. The van der Waals surface area contributed by atoms with Gasteiger partial charge < -0.3 is 9.47 Å². The molecule has 4 aromatic rings. The van der Waals surface area contributed by atoms with Crippen LogP contribution in [0.3, 0.4) is 0 Å². The highest BCUT2D eigenvalue weighted by molar-refractivity contribution is 7.71. The van der Waals surface area contributed by atoms with E-state index in [0.717, 1.165) is 10.8 Å². The van der Waals surface area contributed by atoms with E-state index in [1.165, 1.54) is 4.57 Å². The van der Waals surface area contributed by atoms with Gasteiger partial charge in [0, 0.05) is 11.6 Å². The monoisotopic (exact) mass is 415 g/mol. The molecule has 6 nitrogen and oxygen atoms in total. The number of hydrogen-bond acceptors (Lipinski definition) is 5. The Labute approximate surface area is 177 Å². The first-order valence-electron chi connectivity index (χ1n) is 9.26. The number of fused-ring (bicyclic) bond motifs is 1. The highest BCUT2D eigenvalue weighted by Gasteiger charge is 2.09. The lowest BCUT2D eigenvalue weighted by Gasteiger charge is -2.14. The van der Waals surface area contributed by atoms with Crippen LogP contribution in [0.4, 0.5) is 0 Å². The Morgan fingerprint density at radius 1 is 1.00 bits per heavy atom. The molecule has 30 heavy (non-hydrogen) atoms. The van der Waals surface area contributed by atoms with E-state index in [4.69, 9.17) is 27.0 Å². The minimum Gasteiger partial charge on any atom is -0.488 e. The molecule has 1 N–H and O–H groups in total. The van der Waals surface area contributed by atoms with Gasteiger partial charge in [0.1, 0.15) is 17.0 Å². The Morgan fingerprint density at radius 2 is 1.80 bits per heavy atom. The zero-order valence-corrected chi connectivity index (χ0v) is 16.7. The molecule has 0 atom stereocenters. The van der Waals surface area contributed by atoms with Gasteiger partial charge in [0.05, 0.1) is 18.2 Å². The van der Waals surface area contributed by atoms with E-state index in [9.17, 15) is 4.79 Å². The molecular formula is C23H17N3O3S. The molecule has 0 saturated heterocycles. The number of para-hydroxylation sites is 2. The summed E-state index contributed by atoms with van der Waals surface area (Å²) in [6, 6.07) is 22.3. The topological polar surface area (TPSA) is 80.0 Å². The predicted molar refractivity (Wildman–Crippen MR) is 117 cm³/mol. The Bertz CT molecular complexity index is 1370. The van der Waals surface area contributed by atoms with E-state index in [2.05, 4.69) is 11.1 Å². The zero-order valence-electron chi connectivity index (χ0n) is 15.9. The molecule has 4 rings (SSSR count). The number of benzene rings is 3. The van der Waals surface area contributed by atoms with Gasteiger partial charge in [-0.1, -0.05) is 36.5 Å². The normalized spacial score (nSPS) is 10.5. The molecule has 0 aliphatic heterocycles. The molecule has 0 aliphatic carbocycles. The first-order chi connectivity index (χ1) is 14.6. The van der Waals surface area contributed by atoms with E-state index < -0.39 is 0 Å². The Hall–Kier alpha value is -3.89. The zero-order chi connectivity index (χ0) is 20.9. The van der Waals surface area contributed by atoms with Gasteiger partial charge in [-0.2, -0.15) is 5.26 Å². The van der Waals surface area contributed by atoms with Crippen molar-refractivity contribution in [2.24, 2.45) is 0 Å². The van der Waals surface area contributed by atoms with Crippen LogP contribution in [0.5, 0.6) is 17.2 Å². The summed E-state index contributed by atoms with van der Waals surface area (Å²) in [5.74, 6) is 1.80. The number of hydrogen-bond donors (Lipinski definition) is 1. The largest absolute Gasteiger partial charge is 0.488 e. The average Bonchev–Trinajstić information content (AvgIpc) is 2.76. The van der Waals surface area contributed by atoms with Crippen molar-refractivity contribution in [1.29, 1.82) is 5.26 Å². The molecule has 0 saturated carbocycles. The lowest BCUT2D eigenvalue weighted by Crippen LogP contribution is -2.24. The van der Waals surface area contributed by atoms with E-state index >= 15 is 0 Å². The van der Waals surface area contributed by atoms with E-state index in [1.54, 1.807) is 18.3 Å². The number of nitrogens with one attached hydrogen (secondary N) is 1. The van der Waals surface area contributed by atoms with Crippen molar-refractivity contribution in [3.63, 3.8) is 0 Å². The molecule has 1 aromatic heterocycles. The van der Waals surface area contributed by atoms with Gasteiger partial charge in [0.15, 0.2) is 11.5 Å². The number of nitrogens with zero attached hydrogens (tertiary/aromatic N) is 2. The fraction of sp³-hybridized carbons (Fsp3) is 0.0870. The molecule has 3 aromatic carbocycles. The molecule has 0 fully saturated rings. The van der Waals surface area contributed by atoms with Crippen molar-refractivity contribution in [3.8, 4) is 23.3 Å². The molecule has 7 heteroatoms. The van der Waals surface area contributed by atoms with E-state index in [1.807, 2.05) is 54.6 Å². The SMILES string of the molecule is N#Cc1ccc2c(Oc3ccccc3OCCn3ccc(=S)[nH]c3=O)cccc2c1. The Kier molecular flexibility index (Phi) is 5.59. The van der Waals surface area contributed by atoms with Gasteiger partial charge in [-0.3, -0.25) is 9.55 Å². The predicted octanol–water partition coefficient (Wildman–Crippen LogP) is 4.80. The summed E-state index contributed by atoms with van der Waals surface area (Å²) in [5.41, 5.74) is 0.322. The number of rotatable bonds is 6. The molecule has 0 radical (unpaired) electrons. The molecule has 0 amide bonds. The Morgan fingerprint density at radius 3 is 2.60 bits per heavy atom. The van der Waals surface area contributed by atoms with E-state index in [0.29, 0.717) is 34.0 Å². The number of ether oxygens (including phenoxy) is 2. The average molecular weight is 415 g/mol. The summed E-state index contributed by atoms with van der Waals surface area (Å²) in [5, 5.41) is 10.9. The van der Waals surface area contributed by atoms with Crippen molar-refractivity contribution in [1.82, 2.24) is 9.55 Å². The van der Waals surface area contributed by atoms with Crippen molar-refractivity contribution in [3.05, 3.63) is 93.6 Å². The highest BCUT2D eigenvalue weighted by Crippen LogP contribution is 2.35. The summed E-state index contributed by atoms with van der Waals surface area (Å²) in [6.07, 6.45) is 1.64. The van der Waals surface area contributed by atoms with Gasteiger partial charge >= 0.3 is 5.69 Å². The molecule has 1 heterocycles. The van der Waals surface area contributed by atoms with Gasteiger partial charge in [0.25, 0.3) is 0 Å². The van der Waals surface area contributed by atoms with Crippen LogP contribution in [0, 0.1) is 16.0 Å². The van der Waals surface area contributed by atoms with Crippen LogP contribution in [-0.2, 0) is 6.54 Å². The number of aromatic nitrogens is 2. The molecule has 0 aliphatic rings. The van der Waals surface area contributed by atoms with Crippen LogP contribution in [0.25, 0.3) is 10.8 Å². The van der Waals surface area contributed by atoms with Crippen LogP contribution >= 0.6 is 12.2 Å². The number of aromatic amines is 1. The second-order valence-corrected chi connectivity index (χ2v) is 6.94. The third kappa shape index (κ3) is 4.24. The van der Waals surface area contributed by atoms with Crippen LogP contribution in [0.2, 0.25) is 0 Å². The molecule has 0 bridgehead atoms. The lowest BCUT2D eigenvalue weighted by atomic mass is 10.1. The van der Waals surface area contributed by atoms with Crippen molar-refractivity contribution >= 4 is 23.0 Å². The maximum absolute atomic E-state index is 11.9. The molecule has 0 unspecified atom stereocenters. The quantitative estimate of drug-likeness (QED) is 0.458. The summed E-state index contributed by atoms with van der Waals surface area (Å²) < 4.78 is 13.9. The number of nitriles is 1. The highest BCUT2D eigenvalue weighted by atomic mass is 32.1. The van der Waals surface area contributed by atoms with Gasteiger partial charge in [-0.25, -0.2) is 4.79 Å². The maximum atomic E-state index is 11.9. The van der Waals surface area contributed by atoms with Crippen molar-refractivity contribution in [2.45, 2.75) is 6.54 Å². The maximum Gasteiger partial charge on any atom is 0.326 e. The van der Waals surface area contributed by atoms with Gasteiger partial charge in [-0.05, 0) is 47.9 Å². The number of H-pyrrole nitrogens is 1. The Balaban J connectivity index is 1.54. The van der Waals surface area contributed by atoms with Crippen LogP contribution in [0.15, 0.2) is 77.7 Å². The van der Waals surface area contributed by atoms with Crippen LogP contribution in [-0.4, -0.2) is 16.2 Å². The van der Waals surface area contributed by atoms with Crippen LogP contribution in [0.1, 0.15) is 5.56 Å². The van der Waals surface area contributed by atoms with Crippen LogP contribution < -0.4 is 15.2 Å². The summed E-state index contributed by atoms with van der Waals surface area (Å²) in [6.45, 7) is 0.649. The molecule has 0 spiro atoms. The van der Waals surface area contributed by atoms with Gasteiger partial charge in [-0.15, -0.1) is 0 Å². The third-order valence-corrected chi connectivity index (χ3v) is 4.76. The standard InChI is InChI=1S/C23H17N3O3S/c24-15-16-8-9-18-17(14-16)4-3-7-19(18)29-21-6-2-1-5-20(21)28-13-12-26-11-10-22(30)25-23(26)27/h1-11,14H,12-13H2,(H,25,27,30).